The molecule has 0 bridgehead atoms. The zero-order valence-electron chi connectivity index (χ0n) is 16.8. The van der Waals surface area contributed by atoms with E-state index >= 15 is 0 Å². The van der Waals surface area contributed by atoms with Gasteiger partial charge in [-0.1, -0.05) is 0 Å². The predicted molar refractivity (Wildman–Crippen MR) is 120 cm³/mol. The lowest BCUT2D eigenvalue weighted by Crippen LogP contribution is -2.40. The van der Waals surface area contributed by atoms with Gasteiger partial charge in [-0.3, -0.25) is 4.99 Å². The Hall–Kier alpha value is -0.160. The number of nitrogens with zero attached hydrogens (tertiary/aromatic N) is 2. The van der Waals surface area contributed by atoms with Crippen LogP contribution in [0, 0.1) is 0 Å². The molecule has 2 fully saturated rings. The van der Waals surface area contributed by atoms with Crippen LogP contribution in [-0.2, 0) is 9.47 Å². The maximum atomic E-state index is 9.54. The maximum absolute atomic E-state index is 9.54. The lowest BCUT2D eigenvalue weighted by atomic mass is 10.1. The molecule has 2 heterocycles. The molecule has 160 valence electrons. The summed E-state index contributed by atoms with van der Waals surface area (Å²) in [6.07, 6.45) is 6.34. The van der Waals surface area contributed by atoms with Gasteiger partial charge in [-0.15, -0.1) is 24.0 Å². The van der Waals surface area contributed by atoms with Crippen molar-refractivity contribution in [3.63, 3.8) is 0 Å². The second-order valence-corrected chi connectivity index (χ2v) is 7.18. The van der Waals surface area contributed by atoms with Crippen LogP contribution in [-0.4, -0.2) is 87.3 Å². The first-order valence-corrected chi connectivity index (χ1v) is 10.4. The van der Waals surface area contributed by atoms with Crippen LogP contribution < -0.4 is 10.6 Å². The third kappa shape index (κ3) is 11.4. The average Bonchev–Trinajstić information content (AvgIpc) is 3.16. The zero-order chi connectivity index (χ0) is 18.5. The van der Waals surface area contributed by atoms with Gasteiger partial charge in [-0.05, 0) is 52.0 Å². The number of nitrogens with one attached hydrogen (secondary N) is 2. The molecule has 7 nitrogen and oxygen atoms in total. The summed E-state index contributed by atoms with van der Waals surface area (Å²) >= 11 is 0. The van der Waals surface area contributed by atoms with Crippen LogP contribution in [0.15, 0.2) is 4.99 Å². The summed E-state index contributed by atoms with van der Waals surface area (Å²) < 4.78 is 11.2. The smallest absolute Gasteiger partial charge is 0.191 e. The van der Waals surface area contributed by atoms with Gasteiger partial charge < -0.3 is 30.1 Å². The number of guanidine groups is 1. The molecule has 2 saturated heterocycles. The summed E-state index contributed by atoms with van der Waals surface area (Å²) in [5.74, 6) is 0.890. The first-order valence-electron chi connectivity index (χ1n) is 10.4. The Morgan fingerprint density at radius 3 is 2.74 bits per heavy atom. The standard InChI is InChI=1S/C19H38N4O3.HI/c1-2-20-19(21-9-4-11-23-12-7-17(24)8-13-23)22-10-5-14-25-16-18-6-3-15-26-18;/h17-18,24H,2-16H2,1H3,(H2,20,21,22);1H. The third-order valence-corrected chi connectivity index (χ3v) is 4.89. The Labute approximate surface area is 181 Å². The normalized spacial score (nSPS) is 21.9. The van der Waals surface area contributed by atoms with E-state index in [-0.39, 0.29) is 30.1 Å². The van der Waals surface area contributed by atoms with Crippen molar-refractivity contribution in [2.24, 2.45) is 4.99 Å². The number of halogens is 1. The fourth-order valence-corrected chi connectivity index (χ4v) is 3.34. The number of aliphatic hydroxyl groups is 1. The first-order chi connectivity index (χ1) is 12.8. The number of likely N-dealkylation sites (tertiary alicyclic amines) is 1. The van der Waals surface area contributed by atoms with E-state index < -0.39 is 0 Å². The number of aliphatic hydroxyl groups excluding tert-OH is 1. The molecule has 1 atom stereocenters. The van der Waals surface area contributed by atoms with E-state index in [1.54, 1.807) is 0 Å². The average molecular weight is 498 g/mol. The minimum absolute atomic E-state index is 0. The number of rotatable bonds is 11. The van der Waals surface area contributed by atoms with Crippen LogP contribution in [0.3, 0.4) is 0 Å². The molecule has 0 aromatic carbocycles. The van der Waals surface area contributed by atoms with E-state index in [4.69, 9.17) is 9.47 Å². The van der Waals surface area contributed by atoms with Gasteiger partial charge in [0.2, 0.25) is 0 Å². The number of hydrogen-bond donors (Lipinski definition) is 3. The molecule has 2 aliphatic heterocycles. The highest BCUT2D eigenvalue weighted by atomic mass is 127. The van der Waals surface area contributed by atoms with Gasteiger partial charge in [-0.25, -0.2) is 0 Å². The SMILES string of the molecule is CCNC(=NCCCOCC1CCCO1)NCCCN1CCC(O)CC1.I. The van der Waals surface area contributed by atoms with E-state index in [2.05, 4.69) is 27.4 Å². The molecule has 2 aliphatic rings. The van der Waals surface area contributed by atoms with Crippen LogP contribution in [0.2, 0.25) is 0 Å². The molecule has 0 aromatic heterocycles. The maximum Gasteiger partial charge on any atom is 0.191 e. The van der Waals surface area contributed by atoms with Crippen LogP contribution >= 0.6 is 24.0 Å². The van der Waals surface area contributed by atoms with Crippen molar-refractivity contribution in [2.45, 2.75) is 57.7 Å². The first kappa shape index (κ1) is 24.9. The van der Waals surface area contributed by atoms with E-state index in [0.717, 1.165) is 104 Å². The number of hydrogen-bond acceptors (Lipinski definition) is 5. The van der Waals surface area contributed by atoms with E-state index in [0.29, 0.717) is 6.10 Å². The second kappa shape index (κ2) is 15.7. The quantitative estimate of drug-likeness (QED) is 0.174. The minimum Gasteiger partial charge on any atom is -0.393 e. The number of aliphatic imine (C=N–C) groups is 1. The topological polar surface area (TPSA) is 78.4 Å². The molecule has 0 amide bonds. The molecule has 0 spiro atoms. The molecule has 27 heavy (non-hydrogen) atoms. The lowest BCUT2D eigenvalue weighted by Gasteiger charge is -2.29. The summed E-state index contributed by atoms with van der Waals surface area (Å²) in [4.78, 5) is 7.05. The molecule has 8 heteroatoms. The molecule has 0 aromatic rings. The highest BCUT2D eigenvalue weighted by Crippen LogP contribution is 2.12. The summed E-state index contributed by atoms with van der Waals surface area (Å²) in [7, 11) is 0. The molecular formula is C19H39IN4O3. The van der Waals surface area contributed by atoms with Crippen molar-refractivity contribution in [1.29, 1.82) is 0 Å². The van der Waals surface area contributed by atoms with Crippen molar-refractivity contribution >= 4 is 29.9 Å². The van der Waals surface area contributed by atoms with Gasteiger partial charge in [0.05, 0.1) is 18.8 Å². The van der Waals surface area contributed by atoms with Crippen LogP contribution in [0.25, 0.3) is 0 Å². The van der Waals surface area contributed by atoms with Crippen molar-refractivity contribution < 1.29 is 14.6 Å². The molecule has 0 aliphatic carbocycles. The fourth-order valence-electron chi connectivity index (χ4n) is 3.34. The second-order valence-electron chi connectivity index (χ2n) is 7.18. The third-order valence-electron chi connectivity index (χ3n) is 4.89. The highest BCUT2D eigenvalue weighted by molar-refractivity contribution is 14.0. The van der Waals surface area contributed by atoms with Crippen molar-refractivity contribution in [1.82, 2.24) is 15.5 Å². The highest BCUT2D eigenvalue weighted by Gasteiger charge is 2.16. The summed E-state index contributed by atoms with van der Waals surface area (Å²) in [6.45, 7) is 10.1. The Bertz CT molecular complexity index is 387. The molecule has 0 saturated carbocycles. The molecular weight excluding hydrogens is 459 g/mol. The van der Waals surface area contributed by atoms with Crippen LogP contribution in [0.1, 0.15) is 45.4 Å². The van der Waals surface area contributed by atoms with E-state index in [1.165, 1.54) is 0 Å². The van der Waals surface area contributed by atoms with Crippen LogP contribution in [0.4, 0.5) is 0 Å². The largest absolute Gasteiger partial charge is 0.393 e. The van der Waals surface area contributed by atoms with Gasteiger partial charge in [0.1, 0.15) is 0 Å². The van der Waals surface area contributed by atoms with Gasteiger partial charge in [0.25, 0.3) is 0 Å². The van der Waals surface area contributed by atoms with E-state index in [9.17, 15) is 5.11 Å². The van der Waals surface area contributed by atoms with Crippen molar-refractivity contribution in [3.8, 4) is 0 Å². The monoisotopic (exact) mass is 498 g/mol. The molecule has 1 unspecified atom stereocenters. The van der Waals surface area contributed by atoms with Crippen molar-refractivity contribution in [3.05, 3.63) is 0 Å². The Morgan fingerprint density at radius 1 is 1.22 bits per heavy atom. The Balaban J connectivity index is 0.00000364. The van der Waals surface area contributed by atoms with E-state index in [1.807, 2.05) is 0 Å². The van der Waals surface area contributed by atoms with Crippen molar-refractivity contribution in [2.75, 3.05) is 59.1 Å². The van der Waals surface area contributed by atoms with Crippen LogP contribution in [0.5, 0.6) is 0 Å². The van der Waals surface area contributed by atoms with Gasteiger partial charge in [0, 0.05) is 45.9 Å². The summed E-state index contributed by atoms with van der Waals surface area (Å²) in [6, 6.07) is 0. The predicted octanol–water partition coefficient (Wildman–Crippen LogP) is 1.59. The Morgan fingerprint density at radius 2 is 2.04 bits per heavy atom. The van der Waals surface area contributed by atoms with Gasteiger partial charge in [-0.2, -0.15) is 0 Å². The minimum atomic E-state index is -0.0912. The molecule has 0 radical (unpaired) electrons. The zero-order valence-corrected chi connectivity index (χ0v) is 19.2. The number of ether oxygens (including phenoxy) is 2. The molecule has 3 N–H and O–H groups in total. The Kier molecular flexibility index (Phi) is 14.5. The summed E-state index contributed by atoms with van der Waals surface area (Å²) in [5, 5.41) is 16.2. The summed E-state index contributed by atoms with van der Waals surface area (Å²) in [5.41, 5.74) is 0. The lowest BCUT2D eigenvalue weighted by molar-refractivity contribution is 0.0171. The fraction of sp³-hybridized carbons (Fsp3) is 0.947. The van der Waals surface area contributed by atoms with Gasteiger partial charge in [0.15, 0.2) is 5.96 Å². The van der Waals surface area contributed by atoms with Gasteiger partial charge >= 0.3 is 0 Å². The molecule has 2 rings (SSSR count). The number of piperidine rings is 1.